The van der Waals surface area contributed by atoms with Crippen molar-refractivity contribution in [3.8, 4) is 0 Å². The standard InChI is InChI=1S/C18H29NO/c1-4-14-7-9-15(10-8-14)17(5-2)19-13-16-11-12-20-18(16)6-3/h7-10,16-19H,4-6,11-13H2,1-3H3. The molecule has 1 saturated heterocycles. The molecule has 3 unspecified atom stereocenters. The fourth-order valence-corrected chi connectivity index (χ4v) is 3.15. The number of rotatable bonds is 7. The molecule has 0 saturated carbocycles. The summed E-state index contributed by atoms with van der Waals surface area (Å²) in [5.74, 6) is 0.684. The Labute approximate surface area is 123 Å². The fourth-order valence-electron chi connectivity index (χ4n) is 3.15. The Hall–Kier alpha value is -0.860. The molecule has 1 N–H and O–H groups in total. The maximum Gasteiger partial charge on any atom is 0.0613 e. The van der Waals surface area contributed by atoms with Crippen molar-refractivity contribution in [2.75, 3.05) is 13.2 Å². The van der Waals surface area contributed by atoms with Gasteiger partial charge in [-0.3, -0.25) is 0 Å². The predicted molar refractivity (Wildman–Crippen MR) is 85.0 cm³/mol. The second-order valence-corrected chi connectivity index (χ2v) is 5.83. The van der Waals surface area contributed by atoms with Crippen molar-refractivity contribution in [3.05, 3.63) is 35.4 Å². The Bertz CT molecular complexity index is 387. The maximum absolute atomic E-state index is 5.78. The molecule has 1 heterocycles. The SMILES string of the molecule is CCc1ccc(C(CC)NCC2CCOC2CC)cc1. The van der Waals surface area contributed by atoms with Gasteiger partial charge in [0.15, 0.2) is 0 Å². The summed E-state index contributed by atoms with van der Waals surface area (Å²) in [6, 6.07) is 9.55. The second-order valence-electron chi connectivity index (χ2n) is 5.83. The van der Waals surface area contributed by atoms with Gasteiger partial charge in [-0.1, -0.05) is 45.0 Å². The average molecular weight is 275 g/mol. The first kappa shape index (κ1) is 15.5. The van der Waals surface area contributed by atoms with Crippen LogP contribution in [0, 0.1) is 5.92 Å². The summed E-state index contributed by atoms with van der Waals surface area (Å²) >= 11 is 0. The number of benzene rings is 1. The second kappa shape index (κ2) is 7.80. The molecular formula is C18H29NO. The van der Waals surface area contributed by atoms with Crippen LogP contribution in [-0.2, 0) is 11.2 Å². The lowest BCUT2D eigenvalue weighted by Gasteiger charge is -2.23. The van der Waals surface area contributed by atoms with Gasteiger partial charge in [0.2, 0.25) is 0 Å². The lowest BCUT2D eigenvalue weighted by Crippen LogP contribution is -2.31. The summed E-state index contributed by atoms with van der Waals surface area (Å²) in [5.41, 5.74) is 2.83. The molecule has 0 bridgehead atoms. The zero-order valence-electron chi connectivity index (χ0n) is 13.2. The lowest BCUT2D eigenvalue weighted by molar-refractivity contribution is 0.0865. The van der Waals surface area contributed by atoms with Crippen LogP contribution >= 0.6 is 0 Å². The van der Waals surface area contributed by atoms with Gasteiger partial charge in [-0.15, -0.1) is 0 Å². The van der Waals surface area contributed by atoms with Crippen LogP contribution in [-0.4, -0.2) is 19.3 Å². The van der Waals surface area contributed by atoms with Crippen LogP contribution in [0.15, 0.2) is 24.3 Å². The average Bonchev–Trinajstić information content (AvgIpc) is 2.96. The van der Waals surface area contributed by atoms with Crippen LogP contribution in [0.25, 0.3) is 0 Å². The Morgan fingerprint density at radius 1 is 1.20 bits per heavy atom. The first-order valence-electron chi connectivity index (χ1n) is 8.22. The summed E-state index contributed by atoms with van der Waals surface area (Å²) in [5, 5.41) is 3.75. The van der Waals surface area contributed by atoms with Crippen LogP contribution in [0.5, 0.6) is 0 Å². The van der Waals surface area contributed by atoms with Crippen molar-refractivity contribution in [2.45, 2.75) is 58.6 Å². The van der Waals surface area contributed by atoms with E-state index in [0.717, 1.165) is 32.4 Å². The monoisotopic (exact) mass is 275 g/mol. The Balaban J connectivity index is 1.91. The highest BCUT2D eigenvalue weighted by Gasteiger charge is 2.26. The van der Waals surface area contributed by atoms with Gasteiger partial charge in [0.05, 0.1) is 6.10 Å². The molecule has 1 aromatic carbocycles. The molecular weight excluding hydrogens is 246 g/mol. The Kier molecular flexibility index (Phi) is 6.06. The third-order valence-electron chi connectivity index (χ3n) is 4.57. The van der Waals surface area contributed by atoms with E-state index in [1.54, 1.807) is 0 Å². The minimum absolute atomic E-state index is 0.461. The van der Waals surface area contributed by atoms with Crippen molar-refractivity contribution in [2.24, 2.45) is 5.92 Å². The molecule has 0 aromatic heterocycles. The van der Waals surface area contributed by atoms with Crippen molar-refractivity contribution in [3.63, 3.8) is 0 Å². The molecule has 2 rings (SSSR count). The van der Waals surface area contributed by atoms with Gasteiger partial charge >= 0.3 is 0 Å². The van der Waals surface area contributed by atoms with E-state index in [1.807, 2.05) is 0 Å². The van der Waals surface area contributed by atoms with E-state index in [0.29, 0.717) is 18.1 Å². The quantitative estimate of drug-likeness (QED) is 0.808. The van der Waals surface area contributed by atoms with Crippen LogP contribution in [0.2, 0.25) is 0 Å². The number of aryl methyl sites for hydroxylation is 1. The van der Waals surface area contributed by atoms with E-state index in [9.17, 15) is 0 Å². The normalized spacial score (nSPS) is 23.9. The highest BCUT2D eigenvalue weighted by Crippen LogP contribution is 2.24. The highest BCUT2D eigenvalue weighted by atomic mass is 16.5. The molecule has 0 amide bonds. The van der Waals surface area contributed by atoms with E-state index in [-0.39, 0.29) is 0 Å². The van der Waals surface area contributed by atoms with Gasteiger partial charge in [0.1, 0.15) is 0 Å². The smallest absolute Gasteiger partial charge is 0.0613 e. The summed E-state index contributed by atoms with van der Waals surface area (Å²) in [4.78, 5) is 0. The molecule has 3 atom stereocenters. The van der Waals surface area contributed by atoms with Gasteiger partial charge in [0.25, 0.3) is 0 Å². The molecule has 0 spiro atoms. The molecule has 1 aliphatic heterocycles. The topological polar surface area (TPSA) is 21.3 Å². The largest absolute Gasteiger partial charge is 0.378 e. The van der Waals surface area contributed by atoms with E-state index < -0.39 is 0 Å². The molecule has 0 aliphatic carbocycles. The van der Waals surface area contributed by atoms with Crippen molar-refractivity contribution in [1.82, 2.24) is 5.32 Å². The summed E-state index contributed by atoms with van der Waals surface area (Å²) in [6.45, 7) is 8.70. The minimum Gasteiger partial charge on any atom is -0.378 e. The van der Waals surface area contributed by atoms with Crippen LogP contribution in [0.1, 0.15) is 57.2 Å². The van der Waals surface area contributed by atoms with E-state index in [2.05, 4.69) is 50.4 Å². The molecule has 0 radical (unpaired) electrons. The maximum atomic E-state index is 5.78. The fraction of sp³-hybridized carbons (Fsp3) is 0.667. The van der Waals surface area contributed by atoms with Gasteiger partial charge in [-0.05, 0) is 42.7 Å². The van der Waals surface area contributed by atoms with Gasteiger partial charge in [-0.2, -0.15) is 0 Å². The molecule has 112 valence electrons. The molecule has 1 aromatic rings. The first-order chi connectivity index (χ1) is 9.78. The molecule has 2 nitrogen and oxygen atoms in total. The summed E-state index contributed by atoms with van der Waals surface area (Å²) < 4.78 is 5.78. The van der Waals surface area contributed by atoms with Crippen molar-refractivity contribution >= 4 is 0 Å². The molecule has 1 aliphatic rings. The zero-order chi connectivity index (χ0) is 14.4. The highest BCUT2D eigenvalue weighted by molar-refractivity contribution is 5.25. The van der Waals surface area contributed by atoms with E-state index >= 15 is 0 Å². The van der Waals surface area contributed by atoms with Crippen molar-refractivity contribution in [1.29, 1.82) is 0 Å². The van der Waals surface area contributed by atoms with Gasteiger partial charge < -0.3 is 10.1 Å². The molecule has 20 heavy (non-hydrogen) atoms. The van der Waals surface area contributed by atoms with Crippen LogP contribution < -0.4 is 5.32 Å². The summed E-state index contributed by atoms with van der Waals surface area (Å²) in [6.07, 6.45) is 5.05. The first-order valence-corrected chi connectivity index (χ1v) is 8.22. The molecule has 2 heteroatoms. The Morgan fingerprint density at radius 3 is 2.55 bits per heavy atom. The third-order valence-corrected chi connectivity index (χ3v) is 4.57. The zero-order valence-corrected chi connectivity index (χ0v) is 13.2. The van der Waals surface area contributed by atoms with Gasteiger partial charge in [-0.25, -0.2) is 0 Å². The van der Waals surface area contributed by atoms with Crippen molar-refractivity contribution < 1.29 is 4.74 Å². The number of ether oxygens (including phenoxy) is 1. The van der Waals surface area contributed by atoms with Crippen LogP contribution in [0.4, 0.5) is 0 Å². The third kappa shape index (κ3) is 3.83. The Morgan fingerprint density at radius 2 is 1.95 bits per heavy atom. The number of nitrogens with one attached hydrogen (secondary N) is 1. The molecule has 1 fully saturated rings. The summed E-state index contributed by atoms with van der Waals surface area (Å²) in [7, 11) is 0. The van der Waals surface area contributed by atoms with E-state index in [4.69, 9.17) is 4.74 Å². The number of hydrogen-bond donors (Lipinski definition) is 1. The minimum atomic E-state index is 0.461. The van der Waals surface area contributed by atoms with E-state index in [1.165, 1.54) is 17.5 Å². The number of hydrogen-bond acceptors (Lipinski definition) is 2. The predicted octanol–water partition coefficient (Wildman–Crippen LogP) is 4.10. The lowest BCUT2D eigenvalue weighted by atomic mass is 9.97. The van der Waals surface area contributed by atoms with Crippen LogP contribution in [0.3, 0.4) is 0 Å². The van der Waals surface area contributed by atoms with Gasteiger partial charge in [0, 0.05) is 19.2 Å².